The van der Waals surface area contributed by atoms with Gasteiger partial charge in [0.2, 0.25) is 0 Å². The highest BCUT2D eigenvalue weighted by molar-refractivity contribution is 6.35. The molecule has 1 aliphatic heterocycles. The minimum Gasteiger partial charge on any atom is -0.383 e. The van der Waals surface area contributed by atoms with Gasteiger partial charge in [0.15, 0.2) is 0 Å². The van der Waals surface area contributed by atoms with Gasteiger partial charge in [0.1, 0.15) is 5.70 Å². The lowest BCUT2D eigenvalue weighted by Gasteiger charge is -2.25. The molecule has 2 amide bonds. The van der Waals surface area contributed by atoms with Crippen molar-refractivity contribution < 1.29 is 19.1 Å². The van der Waals surface area contributed by atoms with Gasteiger partial charge in [0, 0.05) is 27.3 Å². The number of hydrogen-bond acceptors (Lipinski definition) is 5. The average Bonchev–Trinajstić information content (AvgIpc) is 3.02. The van der Waals surface area contributed by atoms with Crippen LogP contribution in [-0.4, -0.2) is 62.1 Å². The Morgan fingerprint density at radius 1 is 0.812 bits per heavy atom. The fourth-order valence-corrected chi connectivity index (χ4v) is 3.77. The summed E-state index contributed by atoms with van der Waals surface area (Å²) in [6, 6.07) is 13.8. The highest BCUT2D eigenvalue weighted by atomic mass is 16.5. The molecule has 2 aromatic carbocycles. The van der Waals surface area contributed by atoms with E-state index in [1.54, 1.807) is 14.2 Å². The fraction of sp³-hybridized carbons (Fsp3) is 0.385. The van der Waals surface area contributed by atoms with Crippen molar-refractivity contribution in [2.45, 2.75) is 27.3 Å². The topological polar surface area (TPSA) is 59.1 Å². The highest BCUT2D eigenvalue weighted by Crippen LogP contribution is 2.33. The molecule has 2 aromatic rings. The predicted molar refractivity (Wildman–Crippen MR) is 125 cm³/mol. The second kappa shape index (κ2) is 10.6. The van der Waals surface area contributed by atoms with Crippen LogP contribution in [0.4, 0.5) is 0 Å². The number of rotatable bonds is 10. The van der Waals surface area contributed by atoms with E-state index >= 15 is 0 Å². The molecule has 0 bridgehead atoms. The number of imide groups is 1. The van der Waals surface area contributed by atoms with Crippen LogP contribution >= 0.6 is 0 Å². The number of ether oxygens (including phenoxy) is 2. The van der Waals surface area contributed by atoms with Crippen molar-refractivity contribution >= 4 is 17.4 Å². The van der Waals surface area contributed by atoms with E-state index in [0.29, 0.717) is 37.6 Å². The van der Waals surface area contributed by atoms with E-state index in [0.717, 1.165) is 27.8 Å². The molecule has 1 aliphatic rings. The summed E-state index contributed by atoms with van der Waals surface area (Å²) in [5, 5.41) is 0. The van der Waals surface area contributed by atoms with E-state index in [-0.39, 0.29) is 18.4 Å². The third-order valence-corrected chi connectivity index (χ3v) is 5.85. The van der Waals surface area contributed by atoms with E-state index in [2.05, 4.69) is 0 Å². The maximum Gasteiger partial charge on any atom is 0.278 e. The van der Waals surface area contributed by atoms with E-state index in [4.69, 9.17) is 9.47 Å². The van der Waals surface area contributed by atoms with Crippen molar-refractivity contribution in [1.82, 2.24) is 9.80 Å². The number of hydrogen-bond donors (Lipinski definition) is 0. The molecule has 0 radical (unpaired) electrons. The standard InChI is InChI=1S/C26H32N2O4/c1-18-6-9-21(10-7-18)17-28-25(29)23(22-11-8-19(2)20(3)16-22)24(26(28)30)27(12-14-31-4)13-15-32-5/h6-11,16H,12-15,17H2,1-5H3. The number of amides is 2. The lowest BCUT2D eigenvalue weighted by Crippen LogP contribution is -2.37. The predicted octanol–water partition coefficient (Wildman–Crippen LogP) is 3.49. The third kappa shape index (κ3) is 5.09. The van der Waals surface area contributed by atoms with Crippen molar-refractivity contribution in [1.29, 1.82) is 0 Å². The Morgan fingerprint density at radius 2 is 1.44 bits per heavy atom. The van der Waals surface area contributed by atoms with Crippen molar-refractivity contribution in [2.75, 3.05) is 40.5 Å². The summed E-state index contributed by atoms with van der Waals surface area (Å²) in [6.45, 7) is 8.14. The molecule has 170 valence electrons. The summed E-state index contributed by atoms with van der Waals surface area (Å²) in [5.74, 6) is -0.551. The number of aryl methyl sites for hydroxylation is 3. The Kier molecular flexibility index (Phi) is 7.83. The first-order valence-corrected chi connectivity index (χ1v) is 10.8. The fourth-order valence-electron chi connectivity index (χ4n) is 3.77. The molecule has 6 heteroatoms. The first-order valence-electron chi connectivity index (χ1n) is 10.8. The van der Waals surface area contributed by atoms with Crippen LogP contribution in [-0.2, 0) is 25.6 Å². The van der Waals surface area contributed by atoms with Gasteiger partial charge in [-0.05, 0) is 43.0 Å². The molecule has 0 saturated heterocycles. The molecule has 0 fully saturated rings. The van der Waals surface area contributed by atoms with Crippen LogP contribution in [0.25, 0.3) is 5.57 Å². The molecule has 6 nitrogen and oxygen atoms in total. The van der Waals surface area contributed by atoms with Crippen LogP contribution < -0.4 is 0 Å². The maximum atomic E-state index is 13.6. The van der Waals surface area contributed by atoms with E-state index in [1.807, 2.05) is 68.1 Å². The lowest BCUT2D eigenvalue weighted by atomic mass is 9.99. The second-order valence-corrected chi connectivity index (χ2v) is 8.18. The Bertz CT molecular complexity index is 1000. The lowest BCUT2D eigenvalue weighted by molar-refractivity contribution is -0.138. The molecule has 0 N–H and O–H groups in total. The zero-order valence-electron chi connectivity index (χ0n) is 19.6. The molecule has 0 aliphatic carbocycles. The minimum absolute atomic E-state index is 0.234. The van der Waals surface area contributed by atoms with Gasteiger partial charge in [-0.25, -0.2) is 0 Å². The van der Waals surface area contributed by atoms with Crippen LogP contribution in [0, 0.1) is 20.8 Å². The third-order valence-electron chi connectivity index (χ3n) is 5.85. The first-order chi connectivity index (χ1) is 15.4. The Balaban J connectivity index is 2.06. The molecule has 0 atom stereocenters. The van der Waals surface area contributed by atoms with Gasteiger partial charge < -0.3 is 14.4 Å². The highest BCUT2D eigenvalue weighted by Gasteiger charge is 2.41. The van der Waals surface area contributed by atoms with Gasteiger partial charge in [-0.3, -0.25) is 14.5 Å². The molecular weight excluding hydrogens is 404 g/mol. The van der Waals surface area contributed by atoms with Gasteiger partial charge in [-0.1, -0.05) is 48.0 Å². The average molecular weight is 437 g/mol. The second-order valence-electron chi connectivity index (χ2n) is 8.18. The smallest absolute Gasteiger partial charge is 0.278 e. The number of carbonyl (C=O) groups excluding carboxylic acids is 2. The molecule has 1 heterocycles. The van der Waals surface area contributed by atoms with Crippen LogP contribution in [0.3, 0.4) is 0 Å². The summed E-state index contributed by atoms with van der Waals surface area (Å²) < 4.78 is 10.5. The van der Waals surface area contributed by atoms with E-state index in [1.165, 1.54) is 4.90 Å². The number of benzene rings is 2. The van der Waals surface area contributed by atoms with E-state index in [9.17, 15) is 9.59 Å². The van der Waals surface area contributed by atoms with Gasteiger partial charge in [-0.2, -0.15) is 0 Å². The largest absolute Gasteiger partial charge is 0.383 e. The SMILES string of the molecule is COCCN(CCOC)C1=C(c2ccc(C)c(C)c2)C(=O)N(Cc2ccc(C)cc2)C1=O. The summed E-state index contributed by atoms with van der Waals surface area (Å²) in [6.07, 6.45) is 0. The number of carbonyl (C=O) groups is 2. The van der Waals surface area contributed by atoms with Crippen LogP contribution in [0.5, 0.6) is 0 Å². The number of methoxy groups -OCH3 is 2. The van der Waals surface area contributed by atoms with Crippen molar-refractivity contribution in [2.24, 2.45) is 0 Å². The molecule has 3 rings (SSSR count). The summed E-state index contributed by atoms with van der Waals surface area (Å²) in [4.78, 5) is 30.5. The maximum absolute atomic E-state index is 13.6. The molecule has 0 unspecified atom stereocenters. The van der Waals surface area contributed by atoms with Crippen molar-refractivity contribution in [3.63, 3.8) is 0 Å². The quantitative estimate of drug-likeness (QED) is 0.534. The zero-order valence-corrected chi connectivity index (χ0v) is 19.6. The molecule has 0 aromatic heterocycles. The molecule has 32 heavy (non-hydrogen) atoms. The Hall–Kier alpha value is -2.96. The summed E-state index contributed by atoms with van der Waals surface area (Å²) in [7, 11) is 3.25. The number of nitrogens with zero attached hydrogens (tertiary/aromatic N) is 2. The summed E-state index contributed by atoms with van der Waals surface area (Å²) in [5.41, 5.74) is 5.88. The van der Waals surface area contributed by atoms with Crippen LogP contribution in [0.15, 0.2) is 48.2 Å². The Labute approximate surface area is 190 Å². The molecular formula is C26H32N2O4. The first kappa shape index (κ1) is 23.7. The van der Waals surface area contributed by atoms with Gasteiger partial charge in [0.05, 0.1) is 25.3 Å². The van der Waals surface area contributed by atoms with Crippen LogP contribution in [0.1, 0.15) is 27.8 Å². The zero-order chi connectivity index (χ0) is 23.3. The van der Waals surface area contributed by atoms with Crippen molar-refractivity contribution in [3.8, 4) is 0 Å². The van der Waals surface area contributed by atoms with Gasteiger partial charge in [0.25, 0.3) is 11.8 Å². The van der Waals surface area contributed by atoms with Gasteiger partial charge >= 0.3 is 0 Å². The normalized spacial score (nSPS) is 14.0. The molecule has 0 saturated carbocycles. The van der Waals surface area contributed by atoms with E-state index < -0.39 is 0 Å². The van der Waals surface area contributed by atoms with Crippen LogP contribution in [0.2, 0.25) is 0 Å². The minimum atomic E-state index is -0.281. The molecule has 0 spiro atoms. The monoisotopic (exact) mass is 436 g/mol. The Morgan fingerprint density at radius 3 is 2.00 bits per heavy atom. The van der Waals surface area contributed by atoms with Gasteiger partial charge in [-0.15, -0.1) is 0 Å². The van der Waals surface area contributed by atoms with Crippen molar-refractivity contribution in [3.05, 3.63) is 76.0 Å². The summed E-state index contributed by atoms with van der Waals surface area (Å²) >= 11 is 0.